The number of hydrogen-bond donors (Lipinski definition) is 7. The molecule has 0 saturated heterocycles. The maximum absolute atomic E-state index is 13.7. The second kappa shape index (κ2) is 18.0. The van der Waals surface area contributed by atoms with Crippen LogP contribution in [-0.4, -0.2) is 66.9 Å². The van der Waals surface area contributed by atoms with Crippen molar-refractivity contribution < 1.29 is 68.4 Å². The molecular formula is C43H28N4O15. The van der Waals surface area contributed by atoms with Crippen LogP contribution in [0.4, 0.5) is 22.7 Å². The Hall–Kier alpha value is -9.39. The number of nitro benzene ring substituents is 1. The second-order valence-corrected chi connectivity index (χ2v) is 12.9. The van der Waals surface area contributed by atoms with Crippen molar-refractivity contribution in [2.24, 2.45) is 0 Å². The number of rotatable bonds is 15. The number of nitrogens with zero attached hydrogens (tertiary/aromatic N) is 1. The monoisotopic (exact) mass is 840 g/mol. The molecule has 6 aromatic rings. The number of hydrogen-bond acceptors (Lipinski definition) is 11. The number of carbonyl (C=O) groups is 7. The zero-order chi connectivity index (χ0) is 44.7. The number of nitro groups is 1. The molecule has 0 aliphatic carbocycles. The van der Waals surface area contributed by atoms with Crippen LogP contribution in [0.1, 0.15) is 72.5 Å². The zero-order valence-corrected chi connectivity index (χ0v) is 31.4. The number of ether oxygens (including phenoxy) is 2. The average Bonchev–Trinajstić information content (AvgIpc) is 3.23. The van der Waals surface area contributed by atoms with Gasteiger partial charge >= 0.3 is 23.9 Å². The first kappa shape index (κ1) is 42.2. The summed E-state index contributed by atoms with van der Waals surface area (Å²) < 4.78 is 11.5. The van der Waals surface area contributed by atoms with E-state index in [0.29, 0.717) is 0 Å². The van der Waals surface area contributed by atoms with Gasteiger partial charge in [0.05, 0.1) is 27.2 Å². The Labute approximate surface area is 347 Å². The van der Waals surface area contributed by atoms with Gasteiger partial charge in [-0.3, -0.25) is 24.5 Å². The van der Waals surface area contributed by atoms with Gasteiger partial charge in [-0.15, -0.1) is 0 Å². The van der Waals surface area contributed by atoms with Gasteiger partial charge in [0.15, 0.2) is 0 Å². The molecule has 6 aromatic carbocycles. The van der Waals surface area contributed by atoms with E-state index in [1.807, 2.05) is 0 Å². The predicted octanol–water partition coefficient (Wildman–Crippen LogP) is 7.73. The van der Waals surface area contributed by atoms with E-state index in [1.54, 1.807) is 0 Å². The van der Waals surface area contributed by atoms with Gasteiger partial charge in [0.2, 0.25) is 0 Å². The molecule has 3 amide bonds. The van der Waals surface area contributed by atoms with Crippen molar-refractivity contribution in [1.29, 1.82) is 0 Å². The summed E-state index contributed by atoms with van der Waals surface area (Å²) in [6, 6.07) is 26.9. The first-order valence-corrected chi connectivity index (χ1v) is 17.7. The van der Waals surface area contributed by atoms with Crippen molar-refractivity contribution in [3.05, 3.63) is 176 Å². The summed E-state index contributed by atoms with van der Waals surface area (Å²) in [5.74, 6) is -7.93. The lowest BCUT2D eigenvalue weighted by atomic mass is 10.1. The molecule has 0 radical (unpaired) electrons. The van der Waals surface area contributed by atoms with Crippen molar-refractivity contribution in [1.82, 2.24) is 0 Å². The minimum absolute atomic E-state index is 0.0122. The van der Waals surface area contributed by atoms with Crippen LogP contribution in [0.2, 0.25) is 0 Å². The van der Waals surface area contributed by atoms with Gasteiger partial charge in [0, 0.05) is 58.0 Å². The molecule has 0 saturated carbocycles. The van der Waals surface area contributed by atoms with Gasteiger partial charge in [0.25, 0.3) is 23.4 Å². The first-order valence-electron chi connectivity index (χ1n) is 17.7. The van der Waals surface area contributed by atoms with Crippen LogP contribution in [0.3, 0.4) is 0 Å². The summed E-state index contributed by atoms with van der Waals surface area (Å²) in [7, 11) is 0. The molecule has 0 spiro atoms. The van der Waals surface area contributed by atoms with E-state index < -0.39 is 68.8 Å². The fourth-order valence-corrected chi connectivity index (χ4v) is 5.75. The Kier molecular flexibility index (Phi) is 12.3. The van der Waals surface area contributed by atoms with Gasteiger partial charge in [-0.1, -0.05) is 12.1 Å². The van der Waals surface area contributed by atoms with Crippen molar-refractivity contribution in [2.75, 3.05) is 16.0 Å². The molecule has 6 rings (SSSR count). The fraction of sp³-hybridized carbons (Fsp3) is 0. The topological polar surface area (TPSA) is 298 Å². The summed E-state index contributed by atoms with van der Waals surface area (Å²) in [5.41, 5.74) is -2.12. The van der Waals surface area contributed by atoms with Crippen LogP contribution in [0.15, 0.2) is 127 Å². The molecular weight excluding hydrogens is 812 g/mol. The fourth-order valence-electron chi connectivity index (χ4n) is 5.75. The maximum atomic E-state index is 13.7. The minimum Gasteiger partial charge on any atom is -0.478 e. The molecule has 0 aromatic heterocycles. The molecule has 0 unspecified atom stereocenters. The number of amides is 3. The van der Waals surface area contributed by atoms with Crippen LogP contribution in [0, 0.1) is 10.1 Å². The lowest BCUT2D eigenvalue weighted by molar-refractivity contribution is -0.384. The Bertz CT molecular complexity index is 2690. The van der Waals surface area contributed by atoms with Gasteiger partial charge in [-0.2, -0.15) is 0 Å². The second-order valence-electron chi connectivity index (χ2n) is 12.9. The highest BCUT2D eigenvalue weighted by molar-refractivity contribution is 6.12. The zero-order valence-electron chi connectivity index (χ0n) is 31.4. The van der Waals surface area contributed by atoms with Crippen molar-refractivity contribution >= 4 is 64.3 Å². The normalized spacial score (nSPS) is 10.5. The standard InChI is InChI=1S/C43H28N4O15/c48-37(22-7-9-28(10-8-22)47(59)60)46-27-16-23(38(49)44-25-3-1-5-29(18-25)61-31-11-13-33(40(51)52)35(20-31)42(55)56)15-24(17-27)39(50)45-26-4-2-6-30(19-26)62-32-12-14-34(41(53)54)36(21-32)43(57)58/h1-21H,(H,44,49)(H,45,50)(H,46,48)(H,51,52)(H,53,54)(H,55,56)(H,57,58). The van der Waals surface area contributed by atoms with E-state index in [-0.39, 0.29) is 62.4 Å². The third-order valence-electron chi connectivity index (χ3n) is 8.61. The Morgan fingerprint density at radius 3 is 1.21 bits per heavy atom. The van der Waals surface area contributed by atoms with E-state index >= 15 is 0 Å². The molecule has 19 heteroatoms. The molecule has 0 atom stereocenters. The summed E-state index contributed by atoms with van der Waals surface area (Å²) >= 11 is 0. The van der Waals surface area contributed by atoms with Gasteiger partial charge < -0.3 is 45.9 Å². The third kappa shape index (κ3) is 10.2. The van der Waals surface area contributed by atoms with Gasteiger partial charge in [0.1, 0.15) is 23.0 Å². The average molecular weight is 841 g/mol. The number of aromatic carboxylic acids is 4. The number of carbonyl (C=O) groups excluding carboxylic acids is 3. The predicted molar refractivity (Wildman–Crippen MR) is 217 cm³/mol. The number of non-ortho nitro benzene ring substituents is 1. The quantitative estimate of drug-likeness (QED) is 0.0384. The number of anilines is 3. The highest BCUT2D eigenvalue weighted by Gasteiger charge is 2.20. The molecule has 7 N–H and O–H groups in total. The maximum Gasteiger partial charge on any atom is 0.336 e. The number of carboxylic acids is 4. The summed E-state index contributed by atoms with van der Waals surface area (Å²) in [6.07, 6.45) is 0. The SMILES string of the molecule is O=C(Nc1cc(C(=O)Nc2cccc(Oc3ccc(C(=O)O)c(C(=O)O)c3)c2)cc(C(=O)Nc2cccc(Oc3ccc(C(=O)O)c(C(=O)O)c3)c2)c1)c1ccc([N+](=O)[O-])cc1. The third-order valence-corrected chi connectivity index (χ3v) is 8.61. The highest BCUT2D eigenvalue weighted by Crippen LogP contribution is 2.29. The van der Waals surface area contributed by atoms with E-state index in [9.17, 15) is 64.1 Å². The van der Waals surface area contributed by atoms with Gasteiger partial charge in [-0.25, -0.2) is 19.2 Å². The molecule has 310 valence electrons. The summed E-state index contributed by atoms with van der Waals surface area (Å²) in [6.45, 7) is 0. The van der Waals surface area contributed by atoms with Crippen LogP contribution >= 0.6 is 0 Å². The molecule has 0 bridgehead atoms. The number of benzene rings is 6. The Morgan fingerprint density at radius 1 is 0.419 bits per heavy atom. The molecule has 0 aliphatic rings. The minimum atomic E-state index is -1.49. The Balaban J connectivity index is 1.26. The van der Waals surface area contributed by atoms with E-state index in [4.69, 9.17) is 9.47 Å². The van der Waals surface area contributed by atoms with Crippen molar-refractivity contribution in [2.45, 2.75) is 0 Å². The molecule has 0 heterocycles. The molecule has 19 nitrogen and oxygen atoms in total. The van der Waals surface area contributed by atoms with Crippen LogP contribution in [0.5, 0.6) is 23.0 Å². The Morgan fingerprint density at radius 2 is 0.806 bits per heavy atom. The highest BCUT2D eigenvalue weighted by atomic mass is 16.6. The summed E-state index contributed by atoms with van der Waals surface area (Å²) in [5, 5.41) is 56.6. The number of nitrogens with one attached hydrogen (secondary N) is 3. The molecule has 62 heavy (non-hydrogen) atoms. The van der Waals surface area contributed by atoms with Crippen LogP contribution in [-0.2, 0) is 0 Å². The van der Waals surface area contributed by atoms with Crippen LogP contribution in [0.25, 0.3) is 0 Å². The van der Waals surface area contributed by atoms with E-state index in [0.717, 1.165) is 36.4 Å². The van der Waals surface area contributed by atoms with Crippen molar-refractivity contribution in [3.63, 3.8) is 0 Å². The van der Waals surface area contributed by atoms with Gasteiger partial charge in [-0.05, 0) is 91.0 Å². The lowest BCUT2D eigenvalue weighted by Crippen LogP contribution is -2.18. The molecule has 0 fully saturated rings. The first-order chi connectivity index (χ1) is 29.5. The van der Waals surface area contributed by atoms with Crippen molar-refractivity contribution in [3.8, 4) is 23.0 Å². The summed E-state index contributed by atoms with van der Waals surface area (Å²) in [4.78, 5) is 97.3. The van der Waals surface area contributed by atoms with E-state index in [1.165, 1.54) is 91.0 Å². The molecule has 0 aliphatic heterocycles. The number of carboxylic acid groups (broad SMARTS) is 4. The smallest absolute Gasteiger partial charge is 0.336 e. The van der Waals surface area contributed by atoms with E-state index in [2.05, 4.69) is 16.0 Å². The largest absolute Gasteiger partial charge is 0.478 e. The van der Waals surface area contributed by atoms with Crippen LogP contribution < -0.4 is 25.4 Å². The lowest BCUT2D eigenvalue weighted by Gasteiger charge is -2.14.